The Morgan fingerprint density at radius 3 is 2.83 bits per heavy atom. The van der Waals surface area contributed by atoms with Crippen molar-refractivity contribution in [3.8, 4) is 0 Å². The first-order valence-corrected chi connectivity index (χ1v) is 5.88. The normalized spacial score (nSPS) is 11.8. The molecule has 0 radical (unpaired) electrons. The van der Waals surface area contributed by atoms with Gasteiger partial charge in [-0.05, 0) is 19.1 Å². The maximum absolute atomic E-state index is 12.1. The first-order chi connectivity index (χ1) is 8.77. The molecule has 0 fully saturated rings. The van der Waals surface area contributed by atoms with Crippen LogP contribution in [0.15, 0.2) is 47.4 Å². The van der Waals surface area contributed by atoms with Crippen molar-refractivity contribution in [2.75, 3.05) is 0 Å². The molecule has 0 spiro atoms. The minimum atomic E-state index is 0.0132. The summed E-state index contributed by atoms with van der Waals surface area (Å²) in [6, 6.07) is 11.4. The monoisotopic (exact) mass is 234 g/mol. The highest BCUT2D eigenvalue weighted by Crippen LogP contribution is 2.31. The van der Waals surface area contributed by atoms with Gasteiger partial charge in [0.25, 0.3) is 5.56 Å². The van der Waals surface area contributed by atoms with Gasteiger partial charge in [-0.1, -0.05) is 18.2 Å². The molecule has 3 nitrogen and oxygen atoms in total. The Morgan fingerprint density at radius 2 is 1.94 bits per heavy atom. The highest BCUT2D eigenvalue weighted by atomic mass is 16.1. The number of pyridine rings is 2. The van der Waals surface area contributed by atoms with E-state index in [4.69, 9.17) is 0 Å². The molecule has 3 heterocycles. The van der Waals surface area contributed by atoms with E-state index in [0.29, 0.717) is 0 Å². The Morgan fingerprint density at radius 1 is 1.11 bits per heavy atom. The fourth-order valence-corrected chi connectivity index (χ4v) is 2.76. The maximum Gasteiger partial charge on any atom is 0.255 e. The molecule has 0 aliphatic heterocycles. The van der Waals surface area contributed by atoms with Crippen LogP contribution in [-0.4, -0.2) is 9.38 Å². The maximum atomic E-state index is 12.1. The van der Waals surface area contributed by atoms with Crippen LogP contribution in [0.25, 0.3) is 27.2 Å². The quantitative estimate of drug-likeness (QED) is 0.469. The smallest absolute Gasteiger partial charge is 0.255 e. The molecule has 0 bridgehead atoms. The predicted molar refractivity (Wildman–Crippen MR) is 72.4 cm³/mol. The molecule has 0 unspecified atom stereocenters. The Labute approximate surface area is 103 Å². The van der Waals surface area contributed by atoms with Gasteiger partial charge in [0.1, 0.15) is 0 Å². The van der Waals surface area contributed by atoms with Gasteiger partial charge in [-0.25, -0.2) is 0 Å². The molecule has 4 rings (SSSR count). The van der Waals surface area contributed by atoms with Crippen LogP contribution in [0, 0.1) is 6.92 Å². The lowest BCUT2D eigenvalue weighted by molar-refractivity contribution is 1.17. The molecular formula is C15H10N2O. The van der Waals surface area contributed by atoms with Crippen LogP contribution >= 0.6 is 0 Å². The zero-order valence-corrected chi connectivity index (χ0v) is 9.84. The lowest BCUT2D eigenvalue weighted by Gasteiger charge is -2.01. The molecule has 0 aliphatic carbocycles. The number of para-hydroxylation sites is 1. The number of rotatable bonds is 0. The van der Waals surface area contributed by atoms with Crippen molar-refractivity contribution < 1.29 is 0 Å². The second-order valence-electron chi connectivity index (χ2n) is 4.55. The highest BCUT2D eigenvalue weighted by Gasteiger charge is 2.14. The van der Waals surface area contributed by atoms with Crippen LogP contribution in [0.4, 0.5) is 0 Å². The molecule has 0 N–H and O–H groups in total. The van der Waals surface area contributed by atoms with Crippen molar-refractivity contribution in [3.05, 3.63) is 58.6 Å². The molecule has 0 aliphatic rings. The second kappa shape index (κ2) is 3.07. The summed E-state index contributed by atoms with van der Waals surface area (Å²) in [7, 11) is 0. The van der Waals surface area contributed by atoms with Crippen molar-refractivity contribution in [2.24, 2.45) is 0 Å². The largest absolute Gasteiger partial charge is 0.276 e. The number of hydrogen-bond acceptors (Lipinski definition) is 2. The molecule has 86 valence electrons. The third-order valence-electron chi connectivity index (χ3n) is 3.53. The van der Waals surface area contributed by atoms with Crippen LogP contribution in [0.5, 0.6) is 0 Å². The zero-order chi connectivity index (χ0) is 12.3. The van der Waals surface area contributed by atoms with Gasteiger partial charge in [-0.3, -0.25) is 14.2 Å². The van der Waals surface area contributed by atoms with E-state index >= 15 is 0 Å². The molecular weight excluding hydrogens is 224 g/mol. The van der Waals surface area contributed by atoms with E-state index in [-0.39, 0.29) is 5.56 Å². The topological polar surface area (TPSA) is 34.4 Å². The van der Waals surface area contributed by atoms with E-state index in [1.54, 1.807) is 10.5 Å². The SMILES string of the molecule is Cc1ncc2ccc(=O)n3c4ccccc4c1c23. The van der Waals surface area contributed by atoms with Gasteiger partial charge in [-0.15, -0.1) is 0 Å². The molecule has 3 heteroatoms. The Balaban J connectivity index is 2.57. The first kappa shape index (κ1) is 9.59. The lowest BCUT2D eigenvalue weighted by atomic mass is 10.1. The molecule has 1 aromatic carbocycles. The fraction of sp³-hybridized carbons (Fsp3) is 0.0667. The number of aromatic nitrogens is 2. The van der Waals surface area contributed by atoms with Crippen LogP contribution in [-0.2, 0) is 0 Å². The summed E-state index contributed by atoms with van der Waals surface area (Å²) in [6.45, 7) is 1.98. The Kier molecular flexibility index (Phi) is 1.64. The minimum Gasteiger partial charge on any atom is -0.276 e. The lowest BCUT2D eigenvalue weighted by Crippen LogP contribution is -2.10. The first-order valence-electron chi connectivity index (χ1n) is 5.88. The van der Waals surface area contributed by atoms with Gasteiger partial charge in [-0.2, -0.15) is 0 Å². The summed E-state index contributed by atoms with van der Waals surface area (Å²) in [5.74, 6) is 0. The Bertz CT molecular complexity index is 953. The van der Waals surface area contributed by atoms with E-state index in [2.05, 4.69) is 4.98 Å². The van der Waals surface area contributed by atoms with E-state index in [9.17, 15) is 4.79 Å². The molecule has 4 aromatic rings. The van der Waals surface area contributed by atoms with E-state index in [1.807, 2.05) is 43.5 Å². The van der Waals surface area contributed by atoms with Crippen molar-refractivity contribution in [2.45, 2.75) is 6.92 Å². The highest BCUT2D eigenvalue weighted by molar-refractivity contribution is 6.14. The van der Waals surface area contributed by atoms with Crippen LogP contribution in [0.1, 0.15) is 5.69 Å². The summed E-state index contributed by atoms with van der Waals surface area (Å²) >= 11 is 0. The molecule has 0 amide bonds. The number of nitrogens with zero attached hydrogens (tertiary/aromatic N) is 2. The summed E-state index contributed by atoms with van der Waals surface area (Å²) in [6.07, 6.45) is 1.83. The van der Waals surface area contributed by atoms with Gasteiger partial charge in [0.05, 0.1) is 11.0 Å². The van der Waals surface area contributed by atoms with Crippen LogP contribution in [0.3, 0.4) is 0 Å². The molecule has 0 saturated carbocycles. The van der Waals surface area contributed by atoms with Gasteiger partial charge in [0.2, 0.25) is 0 Å². The standard InChI is InChI=1S/C15H10N2O/c1-9-14-11-4-2-3-5-12(11)17-13(18)7-6-10(8-16-9)15(14)17/h2-8H,1H3. The minimum absolute atomic E-state index is 0.0132. The average Bonchev–Trinajstić information content (AvgIpc) is 2.74. The third kappa shape index (κ3) is 0.991. The summed E-state index contributed by atoms with van der Waals surface area (Å²) in [5, 5.41) is 3.18. The number of fused-ring (bicyclic) bond motifs is 3. The molecule has 0 atom stereocenters. The summed E-state index contributed by atoms with van der Waals surface area (Å²) in [4.78, 5) is 16.5. The van der Waals surface area contributed by atoms with Crippen molar-refractivity contribution in [1.82, 2.24) is 9.38 Å². The molecule has 0 saturated heterocycles. The zero-order valence-electron chi connectivity index (χ0n) is 9.84. The average molecular weight is 234 g/mol. The number of benzene rings is 1. The van der Waals surface area contributed by atoms with Crippen LogP contribution < -0.4 is 5.56 Å². The van der Waals surface area contributed by atoms with E-state index in [1.165, 1.54) is 0 Å². The van der Waals surface area contributed by atoms with Gasteiger partial charge >= 0.3 is 0 Å². The van der Waals surface area contributed by atoms with Gasteiger partial charge in [0.15, 0.2) is 0 Å². The van der Waals surface area contributed by atoms with Crippen molar-refractivity contribution in [1.29, 1.82) is 0 Å². The predicted octanol–water partition coefficient (Wildman–Crippen LogP) is 2.75. The molecule has 3 aromatic heterocycles. The summed E-state index contributed by atoms with van der Waals surface area (Å²) in [5.41, 5.74) is 2.92. The van der Waals surface area contributed by atoms with E-state index < -0.39 is 0 Å². The number of aryl methyl sites for hydroxylation is 1. The third-order valence-corrected chi connectivity index (χ3v) is 3.53. The van der Waals surface area contributed by atoms with E-state index in [0.717, 1.165) is 32.9 Å². The summed E-state index contributed by atoms with van der Waals surface area (Å²) < 4.78 is 1.79. The fourth-order valence-electron chi connectivity index (χ4n) is 2.76. The van der Waals surface area contributed by atoms with Crippen molar-refractivity contribution in [3.63, 3.8) is 0 Å². The van der Waals surface area contributed by atoms with Gasteiger partial charge in [0, 0.05) is 34.1 Å². The van der Waals surface area contributed by atoms with Crippen LogP contribution in [0.2, 0.25) is 0 Å². The van der Waals surface area contributed by atoms with Gasteiger partial charge < -0.3 is 0 Å². The second-order valence-corrected chi connectivity index (χ2v) is 4.55. The van der Waals surface area contributed by atoms with Crippen molar-refractivity contribution >= 4 is 27.2 Å². The molecule has 18 heavy (non-hydrogen) atoms. The number of hydrogen-bond donors (Lipinski definition) is 0. The Hall–Kier alpha value is -2.42.